The van der Waals surface area contributed by atoms with Crippen molar-refractivity contribution >= 4 is 33.2 Å². The van der Waals surface area contributed by atoms with Crippen molar-refractivity contribution in [3.8, 4) is 0 Å². The lowest BCUT2D eigenvalue weighted by atomic mass is 10.2. The highest BCUT2D eigenvalue weighted by Crippen LogP contribution is 2.22. The van der Waals surface area contributed by atoms with Crippen molar-refractivity contribution in [1.82, 2.24) is 4.31 Å². The summed E-state index contributed by atoms with van der Waals surface area (Å²) in [7, 11) is -4.25. The molecular weight excluding hydrogens is 472 g/mol. The molecule has 11 heteroatoms. The average molecular weight is 487 g/mol. The Kier molecular flexibility index (Phi) is 7.17. The molecule has 0 aliphatic carbocycles. The zero-order valence-electron chi connectivity index (χ0n) is 16.2. The van der Waals surface area contributed by atoms with E-state index in [1.165, 1.54) is 36.4 Å². The fourth-order valence-electron chi connectivity index (χ4n) is 2.75. The average Bonchev–Trinajstić information content (AvgIpc) is 2.75. The fourth-order valence-corrected chi connectivity index (χ4v) is 4.26. The summed E-state index contributed by atoms with van der Waals surface area (Å²) in [4.78, 5) is 12.3. The van der Waals surface area contributed by atoms with Crippen molar-refractivity contribution in [1.29, 1.82) is 0 Å². The molecule has 0 saturated carbocycles. The van der Waals surface area contributed by atoms with Gasteiger partial charge >= 0.3 is 0 Å². The molecule has 0 spiro atoms. The first kappa shape index (κ1) is 23.7. The number of rotatable bonds is 7. The van der Waals surface area contributed by atoms with Crippen molar-refractivity contribution in [2.45, 2.75) is 11.4 Å². The number of nitrogens with zero attached hydrogens (tertiary/aromatic N) is 1. The Morgan fingerprint density at radius 3 is 2.12 bits per heavy atom. The molecule has 0 saturated heterocycles. The number of carbonyl (C=O) groups excluding carboxylic acids is 1. The summed E-state index contributed by atoms with van der Waals surface area (Å²) in [6.45, 7) is -1.11. The van der Waals surface area contributed by atoms with Gasteiger partial charge in [0.2, 0.25) is 15.9 Å². The molecule has 5 nitrogen and oxygen atoms in total. The first-order chi connectivity index (χ1) is 15.1. The number of halogens is 5. The zero-order valence-corrected chi connectivity index (χ0v) is 17.7. The molecule has 0 radical (unpaired) electrons. The van der Waals surface area contributed by atoms with E-state index in [4.69, 9.17) is 11.6 Å². The number of amides is 1. The minimum atomic E-state index is -4.25. The molecule has 0 fully saturated rings. The number of benzene rings is 3. The van der Waals surface area contributed by atoms with Gasteiger partial charge in [-0.3, -0.25) is 4.79 Å². The molecule has 0 heterocycles. The lowest BCUT2D eigenvalue weighted by molar-refractivity contribution is -0.116. The summed E-state index contributed by atoms with van der Waals surface area (Å²) in [6, 6.07) is 11.5. The molecule has 1 amide bonds. The molecule has 168 valence electrons. The summed E-state index contributed by atoms with van der Waals surface area (Å²) in [5, 5.41) is 2.32. The zero-order chi connectivity index (χ0) is 23.5. The second-order valence-corrected chi connectivity index (χ2v) is 9.00. The maximum Gasteiger partial charge on any atom is 0.243 e. The normalized spacial score (nSPS) is 11.6. The van der Waals surface area contributed by atoms with Crippen LogP contribution in [0, 0.1) is 23.3 Å². The highest BCUT2D eigenvalue weighted by Gasteiger charge is 2.27. The summed E-state index contributed by atoms with van der Waals surface area (Å²) in [5.41, 5.74) is -0.282. The van der Waals surface area contributed by atoms with E-state index >= 15 is 0 Å². The van der Waals surface area contributed by atoms with Crippen molar-refractivity contribution in [2.75, 3.05) is 11.9 Å². The molecule has 0 aliphatic rings. The van der Waals surface area contributed by atoms with E-state index in [0.717, 1.165) is 22.5 Å². The lowest BCUT2D eigenvalue weighted by Gasteiger charge is -2.22. The number of carbonyl (C=O) groups is 1. The van der Waals surface area contributed by atoms with E-state index in [9.17, 15) is 30.8 Å². The Morgan fingerprint density at radius 2 is 1.50 bits per heavy atom. The molecule has 3 aromatic rings. The van der Waals surface area contributed by atoms with Crippen LogP contribution in [0.3, 0.4) is 0 Å². The third-order valence-electron chi connectivity index (χ3n) is 4.35. The van der Waals surface area contributed by atoms with Crippen molar-refractivity contribution in [2.24, 2.45) is 0 Å². The van der Waals surface area contributed by atoms with Crippen LogP contribution in [-0.4, -0.2) is 25.2 Å². The van der Waals surface area contributed by atoms with Crippen molar-refractivity contribution in [3.63, 3.8) is 0 Å². The molecule has 1 N–H and O–H groups in total. The molecule has 3 aromatic carbocycles. The van der Waals surface area contributed by atoms with Gasteiger partial charge in [-0.2, -0.15) is 4.31 Å². The molecule has 0 bridgehead atoms. The van der Waals surface area contributed by atoms with Crippen LogP contribution < -0.4 is 5.32 Å². The monoisotopic (exact) mass is 486 g/mol. The van der Waals surface area contributed by atoms with Gasteiger partial charge < -0.3 is 5.32 Å². The van der Waals surface area contributed by atoms with Crippen LogP contribution in [0.4, 0.5) is 23.2 Å². The fraction of sp³-hybridized carbons (Fsp3) is 0.0952. The number of anilines is 1. The Bertz CT molecular complexity index is 1240. The Balaban J connectivity index is 1.89. The smallest absolute Gasteiger partial charge is 0.243 e. The van der Waals surface area contributed by atoms with Crippen LogP contribution in [0.1, 0.15) is 5.56 Å². The Morgan fingerprint density at radius 1 is 0.875 bits per heavy atom. The minimum absolute atomic E-state index is 0.171. The molecular formula is C21H15ClF4N2O3S. The lowest BCUT2D eigenvalue weighted by Crippen LogP contribution is -2.37. The second kappa shape index (κ2) is 9.68. The predicted octanol–water partition coefficient (Wildman–Crippen LogP) is 4.73. The topological polar surface area (TPSA) is 66.5 Å². The van der Waals surface area contributed by atoms with Crippen LogP contribution in [0.25, 0.3) is 0 Å². The predicted molar refractivity (Wildman–Crippen MR) is 110 cm³/mol. The van der Waals surface area contributed by atoms with Gasteiger partial charge in [0.1, 0.15) is 5.82 Å². The summed E-state index contributed by atoms with van der Waals surface area (Å²) >= 11 is 5.80. The van der Waals surface area contributed by atoms with Crippen molar-refractivity contribution in [3.05, 3.63) is 94.5 Å². The number of nitrogens with one attached hydrogen (secondary N) is 1. The van der Waals surface area contributed by atoms with Crippen molar-refractivity contribution < 1.29 is 30.8 Å². The summed E-state index contributed by atoms with van der Waals surface area (Å²) in [6.07, 6.45) is 0. The van der Waals surface area contributed by atoms with Gasteiger partial charge in [-0.1, -0.05) is 23.7 Å². The number of sulfonamides is 1. The van der Waals surface area contributed by atoms with Gasteiger partial charge in [-0.15, -0.1) is 0 Å². The summed E-state index contributed by atoms with van der Waals surface area (Å²) in [5.74, 6) is -6.38. The van der Waals surface area contributed by atoms with Gasteiger partial charge in [0.15, 0.2) is 17.5 Å². The molecule has 0 atom stereocenters. The highest BCUT2D eigenvalue weighted by molar-refractivity contribution is 7.89. The van der Waals surface area contributed by atoms with E-state index in [1.807, 2.05) is 5.32 Å². The Labute approximate surface area is 186 Å². The van der Waals surface area contributed by atoms with Gasteiger partial charge in [0, 0.05) is 11.6 Å². The molecule has 0 unspecified atom stereocenters. The van der Waals surface area contributed by atoms with Gasteiger partial charge in [0.25, 0.3) is 0 Å². The molecule has 0 aromatic heterocycles. The van der Waals surface area contributed by atoms with Gasteiger partial charge in [-0.25, -0.2) is 26.0 Å². The molecule has 32 heavy (non-hydrogen) atoms. The van der Waals surface area contributed by atoms with Crippen LogP contribution in [0.2, 0.25) is 5.02 Å². The largest absolute Gasteiger partial charge is 0.322 e. The standard InChI is InChI=1S/C21H15ClF4N2O3S/c22-14-3-7-16(8-4-14)32(30,31)28(11-13-1-5-15(23)6-2-13)12-19(29)27-18-10-9-17(24)20(25)21(18)26/h1-10H,11-12H2,(H,27,29). The third kappa shape index (κ3) is 5.45. The van der Waals surface area contributed by atoms with E-state index in [2.05, 4.69) is 0 Å². The van der Waals surface area contributed by atoms with E-state index < -0.39 is 51.4 Å². The first-order valence-corrected chi connectivity index (χ1v) is 10.8. The Hall–Kier alpha value is -2.95. The minimum Gasteiger partial charge on any atom is -0.322 e. The van der Waals surface area contributed by atoms with E-state index in [-0.39, 0.29) is 11.4 Å². The molecule has 0 aliphatic heterocycles. The maximum absolute atomic E-state index is 13.9. The highest BCUT2D eigenvalue weighted by atomic mass is 35.5. The second-order valence-electron chi connectivity index (χ2n) is 6.62. The van der Waals surface area contributed by atoms with Crippen LogP contribution in [-0.2, 0) is 21.4 Å². The van der Waals surface area contributed by atoms with E-state index in [0.29, 0.717) is 16.7 Å². The molecule has 3 rings (SSSR count). The van der Waals surface area contributed by atoms with Crippen LogP contribution in [0.15, 0.2) is 65.6 Å². The van der Waals surface area contributed by atoms with E-state index in [1.54, 1.807) is 0 Å². The van der Waals surface area contributed by atoms with Crippen LogP contribution in [0.5, 0.6) is 0 Å². The van der Waals surface area contributed by atoms with Gasteiger partial charge in [-0.05, 0) is 54.1 Å². The first-order valence-electron chi connectivity index (χ1n) is 9.01. The maximum atomic E-state index is 13.9. The SMILES string of the molecule is O=C(CN(Cc1ccc(F)cc1)S(=O)(=O)c1ccc(Cl)cc1)Nc1ccc(F)c(F)c1F. The third-order valence-corrected chi connectivity index (χ3v) is 6.41. The van der Waals surface area contributed by atoms with Gasteiger partial charge in [0.05, 0.1) is 17.1 Å². The number of hydrogen-bond donors (Lipinski definition) is 1. The quantitative estimate of drug-likeness (QED) is 0.388. The van der Waals surface area contributed by atoms with Crippen LogP contribution >= 0.6 is 11.6 Å². The summed E-state index contributed by atoms with van der Waals surface area (Å²) < 4.78 is 80.6. The number of hydrogen-bond acceptors (Lipinski definition) is 3.